The number of nitrogens with one attached hydrogen (secondary N) is 1. The maximum atomic E-state index is 12.4. The molecule has 0 atom stereocenters. The van der Waals surface area contributed by atoms with Crippen molar-refractivity contribution in [3.05, 3.63) is 81.5 Å². The van der Waals surface area contributed by atoms with E-state index in [0.29, 0.717) is 26.6 Å². The minimum atomic E-state index is -0.531. The lowest BCUT2D eigenvalue weighted by Gasteiger charge is -2.08. The van der Waals surface area contributed by atoms with Crippen LogP contribution in [-0.4, -0.2) is 5.91 Å². The fraction of sp³-hybridized carbons (Fsp3) is 0.0476. The van der Waals surface area contributed by atoms with Crippen molar-refractivity contribution in [1.82, 2.24) is 0 Å². The van der Waals surface area contributed by atoms with Gasteiger partial charge in [-0.3, -0.25) is 4.79 Å². The minimum absolute atomic E-state index is 0.0724. The van der Waals surface area contributed by atoms with Gasteiger partial charge in [0.15, 0.2) is 5.09 Å². The van der Waals surface area contributed by atoms with E-state index in [9.17, 15) is 10.1 Å². The number of nitriles is 1. The first-order chi connectivity index (χ1) is 13.4. The molecule has 0 saturated heterocycles. The van der Waals surface area contributed by atoms with Gasteiger partial charge in [0, 0.05) is 26.7 Å². The van der Waals surface area contributed by atoms with Crippen LogP contribution in [0.25, 0.3) is 6.08 Å². The quantitative estimate of drug-likeness (QED) is 0.367. The Labute approximate surface area is 176 Å². The number of amides is 1. The van der Waals surface area contributed by atoms with E-state index in [1.807, 2.05) is 25.1 Å². The number of anilines is 1. The van der Waals surface area contributed by atoms with Crippen LogP contribution in [0, 0.1) is 18.3 Å². The van der Waals surface area contributed by atoms with E-state index in [4.69, 9.17) is 27.6 Å². The molecule has 3 rings (SSSR count). The first kappa shape index (κ1) is 20.1. The number of furan rings is 1. The highest BCUT2D eigenvalue weighted by atomic mass is 35.5. The lowest BCUT2D eigenvalue weighted by molar-refractivity contribution is -0.112. The zero-order valence-electron chi connectivity index (χ0n) is 14.7. The molecule has 7 heteroatoms. The molecule has 0 aliphatic carbocycles. The number of carbonyl (C=O) groups excluding carboxylic acids is 1. The van der Waals surface area contributed by atoms with Crippen LogP contribution in [0.2, 0.25) is 10.0 Å². The van der Waals surface area contributed by atoms with Gasteiger partial charge in [0.25, 0.3) is 5.91 Å². The second-order valence-electron chi connectivity index (χ2n) is 5.80. The average Bonchev–Trinajstić information content (AvgIpc) is 3.11. The van der Waals surface area contributed by atoms with Crippen molar-refractivity contribution in [1.29, 1.82) is 5.26 Å². The SMILES string of the molecule is Cc1ccc(Cl)cc1NC(=O)/C(C#N)=C/c1ccc(Sc2ccc(Cl)cc2)o1. The van der Waals surface area contributed by atoms with Crippen molar-refractivity contribution in [2.75, 3.05) is 5.32 Å². The predicted molar refractivity (Wildman–Crippen MR) is 113 cm³/mol. The van der Waals surface area contributed by atoms with Crippen LogP contribution in [-0.2, 0) is 4.79 Å². The minimum Gasteiger partial charge on any atom is -0.450 e. The molecule has 1 aromatic heterocycles. The second kappa shape index (κ2) is 9.03. The van der Waals surface area contributed by atoms with Gasteiger partial charge in [-0.15, -0.1) is 0 Å². The van der Waals surface area contributed by atoms with Crippen molar-refractivity contribution < 1.29 is 9.21 Å². The van der Waals surface area contributed by atoms with Crippen molar-refractivity contribution in [3.63, 3.8) is 0 Å². The highest BCUT2D eigenvalue weighted by Crippen LogP contribution is 2.30. The third kappa shape index (κ3) is 5.20. The molecule has 4 nitrogen and oxygen atoms in total. The number of halogens is 2. The lowest BCUT2D eigenvalue weighted by atomic mass is 10.1. The smallest absolute Gasteiger partial charge is 0.266 e. The summed E-state index contributed by atoms with van der Waals surface area (Å²) in [6, 6.07) is 17.9. The van der Waals surface area contributed by atoms with Gasteiger partial charge in [0.2, 0.25) is 0 Å². The molecule has 3 aromatic rings. The number of hydrogen-bond donors (Lipinski definition) is 1. The second-order valence-corrected chi connectivity index (χ2v) is 7.75. The van der Waals surface area contributed by atoms with Gasteiger partial charge in [-0.2, -0.15) is 5.26 Å². The molecule has 0 saturated carbocycles. The van der Waals surface area contributed by atoms with Crippen LogP contribution >= 0.6 is 35.0 Å². The first-order valence-corrected chi connectivity index (χ1v) is 9.74. The molecule has 0 unspecified atom stereocenters. The number of rotatable bonds is 5. The zero-order chi connectivity index (χ0) is 20.1. The van der Waals surface area contributed by atoms with Gasteiger partial charge in [-0.05, 0) is 61.0 Å². The zero-order valence-corrected chi connectivity index (χ0v) is 17.0. The summed E-state index contributed by atoms with van der Waals surface area (Å²) in [5, 5.41) is 13.9. The number of benzene rings is 2. The van der Waals surface area contributed by atoms with Crippen molar-refractivity contribution in [2.45, 2.75) is 16.9 Å². The third-order valence-corrected chi connectivity index (χ3v) is 5.15. The van der Waals surface area contributed by atoms with Gasteiger partial charge >= 0.3 is 0 Å². The summed E-state index contributed by atoms with van der Waals surface area (Å²) in [4.78, 5) is 13.4. The summed E-state index contributed by atoms with van der Waals surface area (Å²) in [6.45, 7) is 1.84. The van der Waals surface area contributed by atoms with E-state index in [0.717, 1.165) is 10.5 Å². The third-order valence-electron chi connectivity index (χ3n) is 3.73. The maximum Gasteiger partial charge on any atom is 0.266 e. The highest BCUT2D eigenvalue weighted by Gasteiger charge is 2.13. The standard InChI is InChI=1S/C21H14Cl2N2O2S/c1-13-2-3-16(23)11-19(13)25-21(26)14(12-24)10-17-6-9-20(27-17)28-18-7-4-15(22)5-8-18/h2-11H,1H3,(H,25,26)/b14-10+. The molecule has 1 amide bonds. The van der Waals surface area contributed by atoms with Gasteiger partial charge in [-0.1, -0.05) is 41.0 Å². The van der Waals surface area contributed by atoms with Crippen molar-refractivity contribution >= 4 is 52.6 Å². The van der Waals surface area contributed by atoms with Crippen LogP contribution in [0.3, 0.4) is 0 Å². The largest absolute Gasteiger partial charge is 0.450 e. The summed E-state index contributed by atoms with van der Waals surface area (Å²) in [6.07, 6.45) is 1.40. The van der Waals surface area contributed by atoms with E-state index in [-0.39, 0.29) is 5.57 Å². The Morgan fingerprint density at radius 1 is 1.11 bits per heavy atom. The van der Waals surface area contributed by atoms with Crippen LogP contribution in [0.4, 0.5) is 5.69 Å². The fourth-order valence-corrected chi connectivity index (χ4v) is 3.37. The highest BCUT2D eigenvalue weighted by molar-refractivity contribution is 7.99. The van der Waals surface area contributed by atoms with Crippen LogP contribution in [0.5, 0.6) is 0 Å². The van der Waals surface area contributed by atoms with Crippen molar-refractivity contribution in [2.24, 2.45) is 0 Å². The summed E-state index contributed by atoms with van der Waals surface area (Å²) in [5.74, 6) is -0.123. The van der Waals surface area contributed by atoms with Crippen molar-refractivity contribution in [3.8, 4) is 6.07 Å². The fourth-order valence-electron chi connectivity index (χ4n) is 2.29. The van der Waals surface area contributed by atoms with E-state index >= 15 is 0 Å². The Hall–Kier alpha value is -2.65. The lowest BCUT2D eigenvalue weighted by Crippen LogP contribution is -2.14. The average molecular weight is 429 g/mol. The summed E-state index contributed by atoms with van der Waals surface area (Å²) in [7, 11) is 0. The Kier molecular flexibility index (Phi) is 6.48. The first-order valence-electron chi connectivity index (χ1n) is 8.17. The molecule has 0 spiro atoms. The molecule has 28 heavy (non-hydrogen) atoms. The Morgan fingerprint density at radius 2 is 1.82 bits per heavy atom. The van der Waals surface area contributed by atoms with E-state index in [1.165, 1.54) is 17.8 Å². The summed E-state index contributed by atoms with van der Waals surface area (Å²) < 4.78 is 5.69. The van der Waals surface area contributed by atoms with Gasteiger partial charge in [0.05, 0.1) is 0 Å². The van der Waals surface area contributed by atoms with Crippen LogP contribution < -0.4 is 5.32 Å². The summed E-state index contributed by atoms with van der Waals surface area (Å²) in [5.41, 5.74) is 1.32. The maximum absolute atomic E-state index is 12.4. The molecule has 140 valence electrons. The Morgan fingerprint density at radius 3 is 2.54 bits per heavy atom. The number of nitrogens with zero attached hydrogens (tertiary/aromatic N) is 1. The van der Waals surface area contributed by atoms with E-state index in [1.54, 1.807) is 42.5 Å². The van der Waals surface area contributed by atoms with E-state index < -0.39 is 5.91 Å². The Bertz CT molecular complexity index is 1080. The van der Waals surface area contributed by atoms with Gasteiger partial charge in [-0.25, -0.2) is 0 Å². The summed E-state index contributed by atoms with van der Waals surface area (Å²) >= 11 is 13.3. The van der Waals surface area contributed by atoms with Gasteiger partial charge in [0.1, 0.15) is 17.4 Å². The van der Waals surface area contributed by atoms with Crippen LogP contribution in [0.15, 0.2) is 74.6 Å². The topological polar surface area (TPSA) is 66.0 Å². The molecule has 0 radical (unpaired) electrons. The molecule has 0 aliphatic rings. The predicted octanol–water partition coefficient (Wildman–Crippen LogP) is 6.59. The molecular weight excluding hydrogens is 415 g/mol. The normalized spacial score (nSPS) is 11.1. The van der Waals surface area contributed by atoms with Crippen LogP contribution in [0.1, 0.15) is 11.3 Å². The van der Waals surface area contributed by atoms with E-state index in [2.05, 4.69) is 5.32 Å². The number of hydrogen-bond acceptors (Lipinski definition) is 4. The molecule has 1 heterocycles. The molecule has 2 aromatic carbocycles. The Balaban J connectivity index is 1.74. The van der Waals surface area contributed by atoms with Gasteiger partial charge < -0.3 is 9.73 Å². The molecule has 0 fully saturated rings. The molecular formula is C21H14Cl2N2O2S. The molecule has 1 N–H and O–H groups in total. The molecule has 0 bridgehead atoms. The molecule has 0 aliphatic heterocycles. The number of aryl methyl sites for hydroxylation is 1. The number of carbonyl (C=O) groups is 1. The monoisotopic (exact) mass is 428 g/mol.